The van der Waals surface area contributed by atoms with Gasteiger partial charge in [0.2, 0.25) is 6.71 Å². The van der Waals surface area contributed by atoms with Gasteiger partial charge < -0.3 is 4.49 Å². The van der Waals surface area contributed by atoms with Gasteiger partial charge in [-0.2, -0.15) is 0 Å². The molecule has 3 aromatic rings. The normalized spacial score (nSPS) is 14.2. The van der Waals surface area contributed by atoms with Crippen molar-refractivity contribution in [2.75, 3.05) is 7.05 Å². The van der Waals surface area contributed by atoms with Gasteiger partial charge in [0.05, 0.1) is 0 Å². The maximum atomic E-state index is 2.39. The van der Waals surface area contributed by atoms with Crippen LogP contribution in [0.1, 0.15) is 22.3 Å². The molecule has 0 bridgehead atoms. The summed E-state index contributed by atoms with van der Waals surface area (Å²) >= 11 is 0. The highest BCUT2D eigenvalue weighted by atomic mass is 14.9. The van der Waals surface area contributed by atoms with E-state index in [9.17, 15) is 0 Å². The second-order valence-electron chi connectivity index (χ2n) is 7.86. The average molecular weight is 334 g/mol. The van der Waals surface area contributed by atoms with Crippen molar-refractivity contribution >= 4 is 47.1 Å². The summed E-state index contributed by atoms with van der Waals surface area (Å²) < 4.78 is 2.39. The third-order valence-electron chi connectivity index (χ3n) is 6.28. The van der Waals surface area contributed by atoms with E-state index < -0.39 is 0 Å². The summed E-state index contributed by atoms with van der Waals surface area (Å²) in [5.74, 6) is 0. The van der Waals surface area contributed by atoms with E-state index >= 15 is 0 Å². The summed E-state index contributed by atoms with van der Waals surface area (Å²) in [6.45, 7) is 7.44. The summed E-state index contributed by atoms with van der Waals surface area (Å²) in [6.07, 6.45) is 2.31. The van der Waals surface area contributed by atoms with Gasteiger partial charge in [0.25, 0.3) is 0 Å². The van der Waals surface area contributed by atoms with Crippen molar-refractivity contribution in [1.29, 1.82) is 0 Å². The summed E-state index contributed by atoms with van der Waals surface area (Å²) in [6, 6.07) is 20.4. The molecular weight excluding hydrogens is 312 g/mol. The average Bonchev–Trinajstić information content (AvgIpc) is 2.94. The van der Waals surface area contributed by atoms with E-state index in [1.807, 2.05) is 0 Å². The van der Waals surface area contributed by atoms with Crippen LogP contribution in [-0.2, 0) is 0 Å². The van der Waals surface area contributed by atoms with Crippen LogP contribution in [0, 0.1) is 20.8 Å². The van der Waals surface area contributed by atoms with Gasteiger partial charge in [-0.15, -0.1) is 0 Å². The number of hydrogen-bond acceptors (Lipinski definition) is 0. The number of aryl methyl sites for hydroxylation is 3. The van der Waals surface area contributed by atoms with Crippen molar-refractivity contribution in [3.63, 3.8) is 0 Å². The third kappa shape index (κ3) is 1.97. The fraction of sp³-hybridized carbons (Fsp3) is 0.174. The molecule has 2 heterocycles. The van der Waals surface area contributed by atoms with Crippen molar-refractivity contribution < 1.29 is 4.49 Å². The smallest absolute Gasteiger partial charge is 0.315 e. The van der Waals surface area contributed by atoms with Crippen molar-refractivity contribution in [2.24, 2.45) is 0 Å². The SMILES string of the molecule is Cc1cccc(C)c1B1c2cccc(C)c2B2c3c(cccc31)C=[N+]2C. The highest BCUT2D eigenvalue weighted by Crippen LogP contribution is 2.12. The summed E-state index contributed by atoms with van der Waals surface area (Å²) in [4.78, 5) is 0. The van der Waals surface area contributed by atoms with E-state index in [1.165, 1.54) is 49.6 Å². The monoisotopic (exact) mass is 334 g/mol. The molecule has 0 N–H and O–H groups in total. The van der Waals surface area contributed by atoms with Gasteiger partial charge in [0.1, 0.15) is 13.3 Å². The largest absolute Gasteiger partial charge is 0.553 e. The first-order valence-electron chi connectivity index (χ1n) is 9.43. The molecule has 5 rings (SSSR count). The Morgan fingerprint density at radius 3 is 1.88 bits per heavy atom. The number of hydrogen-bond donors (Lipinski definition) is 0. The molecule has 1 nitrogen and oxygen atoms in total. The standard InChI is InChI=1S/C23H22B2N/c1-15-8-5-9-16(2)21(15)24-19-12-6-10-17(3)22(19)25-23-18(14-26(25)4)11-7-13-20(23)24/h5-14H,1-4H3/q+1. The molecule has 0 radical (unpaired) electrons. The number of rotatable bonds is 1. The highest BCUT2D eigenvalue weighted by Gasteiger charge is 2.50. The van der Waals surface area contributed by atoms with Gasteiger partial charge in [-0.25, -0.2) is 0 Å². The lowest BCUT2D eigenvalue weighted by atomic mass is 9.24. The molecule has 0 aliphatic carbocycles. The predicted molar refractivity (Wildman–Crippen MR) is 115 cm³/mol. The van der Waals surface area contributed by atoms with E-state index in [1.54, 1.807) is 0 Å². The second-order valence-corrected chi connectivity index (χ2v) is 7.86. The van der Waals surface area contributed by atoms with Crippen LogP contribution in [0.4, 0.5) is 0 Å². The first-order valence-corrected chi connectivity index (χ1v) is 9.43. The molecule has 0 amide bonds. The van der Waals surface area contributed by atoms with Gasteiger partial charge in [0.15, 0.2) is 0 Å². The minimum absolute atomic E-state index is 0.317. The first-order chi connectivity index (χ1) is 12.6. The Labute approximate surface area is 156 Å². The molecule has 0 saturated carbocycles. The Kier molecular flexibility index (Phi) is 3.31. The quantitative estimate of drug-likeness (QED) is 0.574. The molecule has 0 unspecified atom stereocenters. The predicted octanol–water partition coefficient (Wildman–Crippen LogP) is 0.622. The summed E-state index contributed by atoms with van der Waals surface area (Å²) in [7, 11) is 2.21. The van der Waals surface area contributed by atoms with Crippen molar-refractivity contribution in [3.05, 3.63) is 76.9 Å². The Bertz CT molecular complexity index is 1080. The Morgan fingerprint density at radius 1 is 0.654 bits per heavy atom. The fourth-order valence-corrected chi connectivity index (χ4v) is 5.22. The van der Waals surface area contributed by atoms with E-state index in [-0.39, 0.29) is 0 Å². The van der Waals surface area contributed by atoms with Crippen LogP contribution in [0.2, 0.25) is 0 Å². The molecule has 0 saturated heterocycles. The van der Waals surface area contributed by atoms with Crippen molar-refractivity contribution in [3.8, 4) is 0 Å². The molecule has 2 aliphatic rings. The molecule has 0 fully saturated rings. The molecule has 26 heavy (non-hydrogen) atoms. The lowest BCUT2D eigenvalue weighted by Gasteiger charge is -2.29. The number of fused-ring (bicyclic) bond motifs is 2. The zero-order valence-electron chi connectivity index (χ0n) is 15.9. The molecule has 0 aromatic heterocycles. The van der Waals surface area contributed by atoms with Crippen LogP contribution >= 0.6 is 0 Å². The van der Waals surface area contributed by atoms with Crippen LogP contribution in [0.3, 0.4) is 0 Å². The van der Waals surface area contributed by atoms with Crippen molar-refractivity contribution in [1.82, 2.24) is 0 Å². The molecule has 0 spiro atoms. The topological polar surface area (TPSA) is 3.01 Å². The van der Waals surface area contributed by atoms with Gasteiger partial charge in [-0.1, -0.05) is 76.0 Å². The Hall–Kier alpha value is -2.54. The second kappa shape index (κ2) is 5.48. The molecule has 3 heteroatoms. The maximum absolute atomic E-state index is 2.39. The highest BCUT2D eigenvalue weighted by molar-refractivity contribution is 7.07. The van der Waals surface area contributed by atoms with Gasteiger partial charge in [-0.05, 0) is 32.4 Å². The van der Waals surface area contributed by atoms with Crippen LogP contribution < -0.4 is 27.3 Å². The number of benzene rings is 3. The lowest BCUT2D eigenvalue weighted by Crippen LogP contribution is -2.74. The van der Waals surface area contributed by atoms with Crippen molar-refractivity contribution in [2.45, 2.75) is 20.8 Å². The van der Waals surface area contributed by atoms with Gasteiger partial charge in [0, 0.05) is 16.5 Å². The Balaban J connectivity index is 1.91. The maximum Gasteiger partial charge on any atom is 0.553 e. The number of nitrogens with zero attached hydrogens (tertiary/aromatic N) is 1. The fourth-order valence-electron chi connectivity index (χ4n) is 5.22. The third-order valence-corrected chi connectivity index (χ3v) is 6.28. The minimum atomic E-state index is 0.317. The minimum Gasteiger partial charge on any atom is -0.315 e. The van der Waals surface area contributed by atoms with E-state index in [4.69, 9.17) is 0 Å². The molecule has 3 aromatic carbocycles. The van der Waals surface area contributed by atoms with E-state index in [0.717, 1.165) is 0 Å². The lowest BCUT2D eigenvalue weighted by molar-refractivity contribution is -0.338. The molecule has 2 aliphatic heterocycles. The zero-order chi connectivity index (χ0) is 18.0. The van der Waals surface area contributed by atoms with E-state index in [0.29, 0.717) is 13.6 Å². The van der Waals surface area contributed by atoms with Crippen LogP contribution in [0.25, 0.3) is 0 Å². The molecular formula is C23H22B2N+. The van der Waals surface area contributed by atoms with Crippen LogP contribution in [0.5, 0.6) is 0 Å². The molecule has 0 atom stereocenters. The summed E-state index contributed by atoms with van der Waals surface area (Å²) in [5, 5.41) is 0. The Morgan fingerprint density at radius 2 is 1.19 bits per heavy atom. The van der Waals surface area contributed by atoms with E-state index in [2.05, 4.69) is 93.1 Å². The summed E-state index contributed by atoms with van der Waals surface area (Å²) in [5.41, 5.74) is 13.0. The molecule has 124 valence electrons. The van der Waals surface area contributed by atoms with Gasteiger partial charge >= 0.3 is 6.85 Å². The van der Waals surface area contributed by atoms with Crippen LogP contribution in [0.15, 0.2) is 54.6 Å². The van der Waals surface area contributed by atoms with Gasteiger partial charge in [-0.3, -0.25) is 0 Å². The van der Waals surface area contributed by atoms with Crippen LogP contribution in [-0.4, -0.2) is 31.3 Å². The zero-order valence-corrected chi connectivity index (χ0v) is 15.9. The first kappa shape index (κ1) is 15.7.